The molecule has 0 saturated carbocycles. The van der Waals surface area contributed by atoms with Crippen LogP contribution in [-0.4, -0.2) is 10.8 Å². The molecule has 1 aromatic carbocycles. The molecule has 0 bridgehead atoms. The number of hydrogen-bond acceptors (Lipinski definition) is 2. The van der Waals surface area contributed by atoms with Crippen molar-refractivity contribution in [1.82, 2.24) is 4.98 Å². The van der Waals surface area contributed by atoms with Crippen LogP contribution in [0.4, 0.5) is 4.39 Å². The molecule has 0 aliphatic rings. The summed E-state index contributed by atoms with van der Waals surface area (Å²) in [6, 6.07) is 5.62. The minimum atomic E-state index is -0.581. The van der Waals surface area contributed by atoms with Gasteiger partial charge >= 0.3 is 0 Å². The van der Waals surface area contributed by atoms with E-state index in [9.17, 15) is 9.18 Å². The topological polar surface area (TPSA) is 30.0 Å². The van der Waals surface area contributed by atoms with Crippen molar-refractivity contribution in [2.75, 3.05) is 0 Å². The van der Waals surface area contributed by atoms with Crippen LogP contribution in [0, 0.1) is 12.7 Å². The second-order valence-corrected chi connectivity index (χ2v) is 4.08. The highest BCUT2D eigenvalue weighted by molar-refractivity contribution is 6.31. The molecule has 0 radical (unpaired) electrons. The number of aryl methyl sites for hydroxylation is 1. The van der Waals surface area contributed by atoms with Gasteiger partial charge in [-0.1, -0.05) is 11.6 Å². The number of nitrogens with zero attached hydrogens (tertiary/aromatic N) is 1. The lowest BCUT2D eigenvalue weighted by Gasteiger charge is -2.05. The standard InChI is InChI=1S/C13H9ClFNO/c1-8-4-5-16-7-11(8)13(17)10-6-9(14)2-3-12(10)15/h2-7H,1H3. The Bertz CT molecular complexity index is 583. The van der Waals surface area contributed by atoms with Crippen LogP contribution < -0.4 is 0 Å². The first-order valence-electron chi connectivity index (χ1n) is 5.00. The first-order chi connectivity index (χ1) is 8.09. The number of rotatable bonds is 2. The zero-order chi connectivity index (χ0) is 12.4. The molecule has 0 N–H and O–H groups in total. The zero-order valence-electron chi connectivity index (χ0n) is 9.08. The lowest BCUT2D eigenvalue weighted by molar-refractivity contribution is 0.103. The fourth-order valence-corrected chi connectivity index (χ4v) is 1.69. The van der Waals surface area contributed by atoms with Crippen molar-refractivity contribution in [3.8, 4) is 0 Å². The summed E-state index contributed by atoms with van der Waals surface area (Å²) in [5.74, 6) is -0.988. The van der Waals surface area contributed by atoms with E-state index in [1.54, 1.807) is 19.2 Å². The van der Waals surface area contributed by atoms with Gasteiger partial charge in [-0.15, -0.1) is 0 Å². The molecule has 0 atom stereocenters. The van der Waals surface area contributed by atoms with E-state index < -0.39 is 11.6 Å². The number of benzene rings is 1. The first-order valence-corrected chi connectivity index (χ1v) is 5.38. The van der Waals surface area contributed by atoms with Gasteiger partial charge in [0.25, 0.3) is 0 Å². The Morgan fingerprint density at radius 1 is 1.29 bits per heavy atom. The largest absolute Gasteiger partial charge is 0.288 e. The average Bonchev–Trinajstić information content (AvgIpc) is 2.32. The maximum atomic E-state index is 13.5. The van der Waals surface area contributed by atoms with Crippen molar-refractivity contribution in [3.63, 3.8) is 0 Å². The van der Waals surface area contributed by atoms with Crippen LogP contribution in [0.25, 0.3) is 0 Å². The highest BCUT2D eigenvalue weighted by atomic mass is 35.5. The molecule has 0 spiro atoms. The van der Waals surface area contributed by atoms with E-state index in [0.717, 1.165) is 5.56 Å². The van der Waals surface area contributed by atoms with Gasteiger partial charge in [0.2, 0.25) is 0 Å². The van der Waals surface area contributed by atoms with E-state index in [-0.39, 0.29) is 5.56 Å². The van der Waals surface area contributed by atoms with Crippen molar-refractivity contribution in [1.29, 1.82) is 0 Å². The van der Waals surface area contributed by atoms with E-state index in [1.807, 2.05) is 0 Å². The predicted molar refractivity (Wildman–Crippen MR) is 63.8 cm³/mol. The summed E-state index contributed by atoms with van der Waals surface area (Å²) in [7, 11) is 0. The predicted octanol–water partition coefficient (Wildman–Crippen LogP) is 3.41. The second kappa shape index (κ2) is 4.63. The molecule has 17 heavy (non-hydrogen) atoms. The molecule has 0 aliphatic heterocycles. The normalized spacial score (nSPS) is 10.3. The van der Waals surface area contributed by atoms with Crippen LogP contribution in [0.3, 0.4) is 0 Å². The first kappa shape index (κ1) is 11.7. The van der Waals surface area contributed by atoms with Crippen LogP contribution in [0.15, 0.2) is 36.7 Å². The van der Waals surface area contributed by atoms with Gasteiger partial charge < -0.3 is 0 Å². The van der Waals surface area contributed by atoms with Crippen LogP contribution in [0.2, 0.25) is 5.02 Å². The van der Waals surface area contributed by atoms with Crippen LogP contribution >= 0.6 is 11.6 Å². The van der Waals surface area contributed by atoms with E-state index in [2.05, 4.69) is 4.98 Å². The van der Waals surface area contributed by atoms with E-state index in [0.29, 0.717) is 10.6 Å². The zero-order valence-corrected chi connectivity index (χ0v) is 9.83. The van der Waals surface area contributed by atoms with Gasteiger partial charge in [0.05, 0.1) is 5.56 Å². The molecule has 0 aliphatic carbocycles. The monoisotopic (exact) mass is 249 g/mol. The molecule has 2 rings (SSSR count). The minimum Gasteiger partial charge on any atom is -0.288 e. The maximum Gasteiger partial charge on any atom is 0.197 e. The van der Waals surface area contributed by atoms with Gasteiger partial charge in [-0.2, -0.15) is 0 Å². The van der Waals surface area contributed by atoms with Gasteiger partial charge in [0.15, 0.2) is 5.78 Å². The van der Waals surface area contributed by atoms with Crippen molar-refractivity contribution in [2.24, 2.45) is 0 Å². The fourth-order valence-electron chi connectivity index (χ4n) is 1.52. The van der Waals surface area contributed by atoms with Crippen molar-refractivity contribution in [2.45, 2.75) is 6.92 Å². The second-order valence-electron chi connectivity index (χ2n) is 3.64. The molecule has 0 unspecified atom stereocenters. The molecular formula is C13H9ClFNO. The molecule has 2 nitrogen and oxygen atoms in total. The Balaban J connectivity index is 2.51. The third kappa shape index (κ3) is 2.34. The molecule has 4 heteroatoms. The van der Waals surface area contributed by atoms with Gasteiger partial charge in [-0.25, -0.2) is 4.39 Å². The molecule has 86 valence electrons. The van der Waals surface area contributed by atoms with Gasteiger partial charge in [-0.3, -0.25) is 9.78 Å². The smallest absolute Gasteiger partial charge is 0.197 e. The van der Waals surface area contributed by atoms with E-state index in [1.165, 1.54) is 24.4 Å². The van der Waals surface area contributed by atoms with Gasteiger partial charge in [0.1, 0.15) is 5.82 Å². The molecule has 0 saturated heterocycles. The molecule has 2 aromatic rings. The van der Waals surface area contributed by atoms with Crippen LogP contribution in [-0.2, 0) is 0 Å². The lowest BCUT2D eigenvalue weighted by atomic mass is 10.0. The van der Waals surface area contributed by atoms with E-state index in [4.69, 9.17) is 11.6 Å². The molecule has 0 amide bonds. The SMILES string of the molecule is Cc1ccncc1C(=O)c1cc(Cl)ccc1F. The van der Waals surface area contributed by atoms with E-state index >= 15 is 0 Å². The summed E-state index contributed by atoms with van der Waals surface area (Å²) in [6.45, 7) is 1.78. The van der Waals surface area contributed by atoms with Crippen molar-refractivity contribution in [3.05, 3.63) is 64.2 Å². The Morgan fingerprint density at radius 3 is 2.76 bits per heavy atom. The van der Waals surface area contributed by atoms with Crippen molar-refractivity contribution >= 4 is 17.4 Å². The third-order valence-electron chi connectivity index (χ3n) is 2.46. The third-order valence-corrected chi connectivity index (χ3v) is 2.69. The Morgan fingerprint density at radius 2 is 2.06 bits per heavy atom. The molecule has 1 heterocycles. The fraction of sp³-hybridized carbons (Fsp3) is 0.0769. The summed E-state index contributed by atoms with van der Waals surface area (Å²) < 4.78 is 13.5. The number of carbonyl (C=O) groups excluding carboxylic acids is 1. The Kier molecular flexibility index (Phi) is 3.20. The molecular weight excluding hydrogens is 241 g/mol. The lowest BCUT2D eigenvalue weighted by Crippen LogP contribution is -2.06. The minimum absolute atomic E-state index is 0.0337. The van der Waals surface area contributed by atoms with Gasteiger partial charge in [-0.05, 0) is 36.8 Å². The number of halogens is 2. The summed E-state index contributed by atoms with van der Waals surface area (Å²) in [5.41, 5.74) is 1.10. The quantitative estimate of drug-likeness (QED) is 0.764. The molecule has 1 aromatic heterocycles. The number of hydrogen-bond donors (Lipinski definition) is 0. The maximum absolute atomic E-state index is 13.5. The number of pyridine rings is 1. The van der Waals surface area contributed by atoms with Crippen LogP contribution in [0.5, 0.6) is 0 Å². The number of ketones is 1. The highest BCUT2D eigenvalue weighted by Crippen LogP contribution is 2.19. The number of carbonyl (C=O) groups is 1. The summed E-state index contributed by atoms with van der Waals surface area (Å²) in [5, 5.41) is 0.330. The Hall–Kier alpha value is -1.74. The van der Waals surface area contributed by atoms with Gasteiger partial charge in [0, 0.05) is 23.0 Å². The summed E-state index contributed by atoms with van der Waals surface area (Å²) >= 11 is 5.75. The summed E-state index contributed by atoms with van der Waals surface area (Å²) in [4.78, 5) is 16.0. The van der Waals surface area contributed by atoms with Crippen LogP contribution in [0.1, 0.15) is 21.5 Å². The Labute approximate surface area is 103 Å². The highest BCUT2D eigenvalue weighted by Gasteiger charge is 2.16. The molecule has 0 fully saturated rings. The summed E-state index contributed by atoms with van der Waals surface area (Å²) in [6.07, 6.45) is 3.01. The average molecular weight is 250 g/mol. The van der Waals surface area contributed by atoms with Crippen molar-refractivity contribution < 1.29 is 9.18 Å². The number of aromatic nitrogens is 1.